The maximum absolute atomic E-state index is 13.6. The Morgan fingerprint density at radius 2 is 1.61 bits per heavy atom. The smallest absolute Gasteiger partial charge is 0.326 e. The molecule has 0 bridgehead atoms. The van der Waals surface area contributed by atoms with Crippen molar-refractivity contribution in [2.45, 2.75) is 89.0 Å². The minimum atomic E-state index is -1.99. The highest BCUT2D eigenvalue weighted by atomic mass is 16.4. The maximum atomic E-state index is 13.6. The third kappa shape index (κ3) is 11.4. The predicted octanol–water partition coefficient (Wildman–Crippen LogP) is -2.06. The van der Waals surface area contributed by atoms with Crippen LogP contribution in [0, 0.1) is 5.92 Å². The molecule has 1 aliphatic heterocycles. The molecule has 1 aromatic rings. The van der Waals surface area contributed by atoms with Gasteiger partial charge in [0.1, 0.15) is 29.9 Å². The van der Waals surface area contributed by atoms with Gasteiger partial charge >= 0.3 is 11.9 Å². The number of Topliss-reactive ketones (excluding diaryl/α,β-unsaturated/α-hetero) is 1. The number of aliphatic carboxylic acids is 2. The number of ketones is 1. The Kier molecular flexibility index (Phi) is 14.5. The van der Waals surface area contributed by atoms with Gasteiger partial charge in [0, 0.05) is 19.5 Å². The second-order valence-electron chi connectivity index (χ2n) is 12.3. The molecule has 0 unspecified atom stereocenters. The third-order valence-corrected chi connectivity index (χ3v) is 8.10. The van der Waals surface area contributed by atoms with Crippen molar-refractivity contribution < 1.29 is 48.9 Å². The van der Waals surface area contributed by atoms with E-state index in [1.165, 1.54) is 24.3 Å². The van der Waals surface area contributed by atoms with Crippen molar-refractivity contribution >= 4 is 47.3 Å². The van der Waals surface area contributed by atoms with E-state index in [0.29, 0.717) is 12.0 Å². The molecule has 1 saturated heterocycles. The summed E-state index contributed by atoms with van der Waals surface area (Å²) in [4.78, 5) is 94.7. The number of aromatic hydroxyl groups is 1. The number of carboxylic acid groups (broad SMARTS) is 2. The molecule has 12 N–H and O–H groups in total. The van der Waals surface area contributed by atoms with E-state index in [2.05, 4.69) is 20.9 Å². The normalized spacial score (nSPS) is 17.2. The summed E-state index contributed by atoms with van der Waals surface area (Å²) in [6.45, 7) is 4.45. The molecule has 1 aromatic carbocycles. The SMILES string of the molecule is CC(=O)[C@](N)(CCCN=C(N)N)C(=O)N1CCC[C@H]1C(=O)N[C@@H](CC(=O)O)C(=O)N[C@H](C(=O)N[C@H](Cc1ccc(O)cc1)C(=O)O)C(C)C. The van der Waals surface area contributed by atoms with Crippen LogP contribution in [0.2, 0.25) is 0 Å². The van der Waals surface area contributed by atoms with Gasteiger partial charge in [0.15, 0.2) is 17.3 Å². The predicted molar refractivity (Wildman–Crippen MR) is 175 cm³/mol. The van der Waals surface area contributed by atoms with Crippen LogP contribution >= 0.6 is 0 Å². The van der Waals surface area contributed by atoms with Gasteiger partial charge in [-0.2, -0.15) is 0 Å². The average molecular weight is 691 g/mol. The number of nitrogens with zero attached hydrogens (tertiary/aromatic N) is 2. The molecule has 0 aromatic heterocycles. The number of nitrogens with one attached hydrogen (secondary N) is 3. The van der Waals surface area contributed by atoms with Crippen LogP contribution in [0.15, 0.2) is 29.3 Å². The maximum Gasteiger partial charge on any atom is 0.326 e. The van der Waals surface area contributed by atoms with Crippen molar-refractivity contribution in [2.24, 2.45) is 28.1 Å². The summed E-state index contributed by atoms with van der Waals surface area (Å²) in [6.07, 6.45) is -0.481. The number of carbonyl (C=O) groups excluding carboxylic acids is 5. The van der Waals surface area contributed by atoms with Gasteiger partial charge in [0.05, 0.1) is 6.42 Å². The lowest BCUT2D eigenvalue weighted by Gasteiger charge is -2.34. The van der Waals surface area contributed by atoms with Gasteiger partial charge < -0.3 is 53.4 Å². The lowest BCUT2D eigenvalue weighted by atomic mass is 9.88. The van der Waals surface area contributed by atoms with Gasteiger partial charge in [0.2, 0.25) is 17.7 Å². The zero-order valence-electron chi connectivity index (χ0n) is 27.7. The lowest BCUT2D eigenvalue weighted by Crippen LogP contribution is -2.63. The number of hydrogen-bond donors (Lipinski definition) is 9. The highest BCUT2D eigenvalue weighted by Crippen LogP contribution is 2.24. The Hall–Kier alpha value is -5.26. The quantitative estimate of drug-likeness (QED) is 0.0347. The van der Waals surface area contributed by atoms with E-state index >= 15 is 0 Å². The highest BCUT2D eigenvalue weighted by Gasteiger charge is 2.46. The minimum Gasteiger partial charge on any atom is -0.508 e. The van der Waals surface area contributed by atoms with Crippen molar-refractivity contribution in [1.82, 2.24) is 20.9 Å². The number of benzene rings is 1. The Morgan fingerprint density at radius 1 is 0.980 bits per heavy atom. The number of likely N-dealkylation sites (tertiary alicyclic amines) is 1. The number of carbonyl (C=O) groups is 7. The Morgan fingerprint density at radius 3 is 2.14 bits per heavy atom. The number of carboxylic acids is 2. The second-order valence-corrected chi connectivity index (χ2v) is 12.3. The first-order valence-electron chi connectivity index (χ1n) is 15.7. The van der Waals surface area contributed by atoms with E-state index in [9.17, 15) is 48.9 Å². The number of nitrogens with two attached hydrogens (primary N) is 3. The molecule has 1 fully saturated rings. The van der Waals surface area contributed by atoms with Gasteiger partial charge in [-0.05, 0) is 56.2 Å². The number of guanidine groups is 1. The third-order valence-electron chi connectivity index (χ3n) is 8.10. The van der Waals surface area contributed by atoms with Gasteiger partial charge in [-0.1, -0.05) is 26.0 Å². The molecular formula is C31H46N8O10. The van der Waals surface area contributed by atoms with E-state index in [4.69, 9.17) is 17.2 Å². The van der Waals surface area contributed by atoms with Crippen molar-refractivity contribution in [1.29, 1.82) is 0 Å². The first kappa shape index (κ1) is 39.9. The van der Waals surface area contributed by atoms with Crippen molar-refractivity contribution in [2.75, 3.05) is 13.1 Å². The van der Waals surface area contributed by atoms with Crippen LogP contribution in [0.4, 0.5) is 0 Å². The summed E-state index contributed by atoms with van der Waals surface area (Å²) < 4.78 is 0. The largest absolute Gasteiger partial charge is 0.508 e. The number of amides is 4. The zero-order chi connectivity index (χ0) is 37.1. The summed E-state index contributed by atoms with van der Waals surface area (Å²) in [6, 6.07) is 0.0670. The Bertz CT molecular complexity index is 1430. The molecule has 2 rings (SSSR count). The number of rotatable bonds is 18. The molecule has 18 heteroatoms. The number of hydrogen-bond acceptors (Lipinski definition) is 10. The molecule has 0 saturated carbocycles. The monoisotopic (exact) mass is 690 g/mol. The van der Waals surface area contributed by atoms with Crippen LogP contribution in [0.1, 0.15) is 58.4 Å². The van der Waals surface area contributed by atoms with Gasteiger partial charge in [0.25, 0.3) is 5.91 Å². The summed E-state index contributed by atoms with van der Waals surface area (Å²) in [7, 11) is 0. The fourth-order valence-electron chi connectivity index (χ4n) is 5.31. The summed E-state index contributed by atoms with van der Waals surface area (Å²) in [5, 5.41) is 35.9. The van der Waals surface area contributed by atoms with Crippen molar-refractivity contribution in [3.8, 4) is 5.75 Å². The van der Waals surface area contributed by atoms with Crippen LogP contribution in [0.3, 0.4) is 0 Å². The summed E-state index contributed by atoms with van der Waals surface area (Å²) in [5.74, 6) is -7.88. The average Bonchev–Trinajstić information content (AvgIpc) is 3.51. The topological polar surface area (TPSA) is 310 Å². The molecule has 0 aliphatic carbocycles. The van der Waals surface area contributed by atoms with Crippen LogP contribution < -0.4 is 33.2 Å². The van der Waals surface area contributed by atoms with Gasteiger partial charge in [-0.15, -0.1) is 0 Å². The number of aliphatic imine (C=N–C) groups is 1. The van der Waals surface area contributed by atoms with Crippen molar-refractivity contribution in [3.63, 3.8) is 0 Å². The molecule has 5 atom stereocenters. The standard InChI is InChI=1S/C31H46N8O10/c1-16(2)24(27(46)37-21(28(47)48)14-18-7-9-19(41)10-8-18)38-25(44)20(15-23(42)43)36-26(45)22-6-4-13-39(22)29(49)31(34,17(3)40)11-5-12-35-30(32)33/h7-10,16,20-22,24,41H,4-6,11-15,34H2,1-3H3,(H,36,45)(H,37,46)(H,38,44)(H,42,43)(H,47,48)(H4,32,33,35)/t20-,21+,22-,24-,31+/m0/s1. The number of phenolic OH excluding ortho intramolecular Hbond substituents is 1. The molecule has 270 valence electrons. The Balaban J connectivity index is 2.20. The molecule has 0 spiro atoms. The van der Waals surface area contributed by atoms with Crippen molar-refractivity contribution in [3.05, 3.63) is 29.8 Å². The molecular weight excluding hydrogens is 644 g/mol. The van der Waals surface area contributed by atoms with E-state index in [1.807, 2.05) is 0 Å². The van der Waals surface area contributed by atoms with Crippen LogP contribution in [-0.2, 0) is 40.0 Å². The first-order valence-corrected chi connectivity index (χ1v) is 15.7. The Labute approximate surface area is 282 Å². The zero-order valence-corrected chi connectivity index (χ0v) is 27.7. The molecule has 18 nitrogen and oxygen atoms in total. The van der Waals surface area contributed by atoms with Crippen LogP contribution in [-0.4, -0.2) is 110 Å². The van der Waals surface area contributed by atoms with Crippen LogP contribution in [0.25, 0.3) is 0 Å². The van der Waals surface area contributed by atoms with E-state index in [1.54, 1.807) is 13.8 Å². The molecule has 0 radical (unpaired) electrons. The lowest BCUT2D eigenvalue weighted by molar-refractivity contribution is -0.148. The van der Waals surface area contributed by atoms with Gasteiger partial charge in [-0.25, -0.2) is 4.79 Å². The summed E-state index contributed by atoms with van der Waals surface area (Å²) >= 11 is 0. The van der Waals surface area contributed by atoms with Gasteiger partial charge in [-0.3, -0.25) is 33.8 Å². The number of phenols is 1. The fraction of sp³-hybridized carbons (Fsp3) is 0.548. The molecule has 49 heavy (non-hydrogen) atoms. The summed E-state index contributed by atoms with van der Waals surface area (Å²) in [5.41, 5.74) is 15.4. The molecule has 4 amide bonds. The minimum absolute atomic E-state index is 0.0305. The van der Waals surface area contributed by atoms with E-state index in [-0.39, 0.29) is 50.5 Å². The van der Waals surface area contributed by atoms with Crippen LogP contribution in [0.5, 0.6) is 5.75 Å². The first-order chi connectivity index (χ1) is 22.9. The van der Waals surface area contributed by atoms with E-state index < -0.39 is 83.4 Å². The van der Waals surface area contributed by atoms with E-state index in [0.717, 1.165) is 11.8 Å². The fourth-order valence-corrected chi connectivity index (χ4v) is 5.31. The highest BCUT2D eigenvalue weighted by molar-refractivity contribution is 6.10. The second kappa shape index (κ2) is 17.8. The molecule has 1 aliphatic rings. The molecule has 1 heterocycles.